The number of aryl methyl sites for hydroxylation is 1. The lowest BCUT2D eigenvalue weighted by Gasteiger charge is -2.12. The van der Waals surface area contributed by atoms with Crippen LogP contribution in [0, 0.1) is 6.92 Å². The Balaban J connectivity index is 0.00000392. The van der Waals surface area contributed by atoms with Gasteiger partial charge >= 0.3 is 0 Å². The summed E-state index contributed by atoms with van der Waals surface area (Å²) in [6, 6.07) is 8.21. The van der Waals surface area contributed by atoms with Crippen LogP contribution in [0.4, 0.5) is 0 Å². The van der Waals surface area contributed by atoms with Gasteiger partial charge in [0.25, 0.3) is 0 Å². The van der Waals surface area contributed by atoms with E-state index in [0.29, 0.717) is 0 Å². The number of halogens is 1. The van der Waals surface area contributed by atoms with Gasteiger partial charge in [-0.05, 0) is 45.1 Å². The van der Waals surface area contributed by atoms with E-state index in [1.165, 1.54) is 10.4 Å². The standard InChI is InChI=1S/C20H31N5OS.HI/c1-16-14-23-19(27-16)10-11-22-20(21-2)24-15-17-6-8-18(9-7-17)26-13-5-12-25(3)4;/h6-9,14H,5,10-13,15H2,1-4H3,(H2,21,22,24);1H. The van der Waals surface area contributed by atoms with Crippen molar-refractivity contribution >= 4 is 41.3 Å². The van der Waals surface area contributed by atoms with Gasteiger partial charge in [0.2, 0.25) is 0 Å². The Morgan fingerprint density at radius 3 is 2.57 bits per heavy atom. The van der Waals surface area contributed by atoms with Gasteiger partial charge in [-0.1, -0.05) is 12.1 Å². The fraction of sp³-hybridized carbons (Fsp3) is 0.500. The van der Waals surface area contributed by atoms with E-state index in [0.717, 1.165) is 55.8 Å². The number of aliphatic imine (C=N–C) groups is 1. The molecule has 0 bridgehead atoms. The normalized spacial score (nSPS) is 11.2. The fourth-order valence-corrected chi connectivity index (χ4v) is 3.27. The molecule has 6 nitrogen and oxygen atoms in total. The van der Waals surface area contributed by atoms with Crippen molar-refractivity contribution in [3.05, 3.63) is 45.9 Å². The molecule has 1 aromatic carbocycles. The summed E-state index contributed by atoms with van der Waals surface area (Å²) in [4.78, 5) is 12.1. The highest BCUT2D eigenvalue weighted by atomic mass is 127. The predicted octanol–water partition coefficient (Wildman–Crippen LogP) is 3.31. The minimum atomic E-state index is 0. The van der Waals surface area contributed by atoms with E-state index in [4.69, 9.17) is 4.74 Å². The van der Waals surface area contributed by atoms with E-state index in [-0.39, 0.29) is 24.0 Å². The van der Waals surface area contributed by atoms with Crippen molar-refractivity contribution in [1.29, 1.82) is 0 Å². The lowest BCUT2D eigenvalue weighted by molar-refractivity contribution is 0.281. The van der Waals surface area contributed by atoms with E-state index in [1.807, 2.05) is 18.3 Å². The Kier molecular flexibility index (Phi) is 12.1. The monoisotopic (exact) mass is 517 g/mol. The molecule has 2 N–H and O–H groups in total. The molecule has 1 heterocycles. The van der Waals surface area contributed by atoms with Gasteiger partial charge in [-0.25, -0.2) is 4.98 Å². The van der Waals surface area contributed by atoms with Gasteiger partial charge in [-0.15, -0.1) is 35.3 Å². The maximum Gasteiger partial charge on any atom is 0.191 e. The highest BCUT2D eigenvalue weighted by Gasteiger charge is 2.02. The summed E-state index contributed by atoms with van der Waals surface area (Å²) in [7, 11) is 5.93. The molecule has 156 valence electrons. The van der Waals surface area contributed by atoms with E-state index < -0.39 is 0 Å². The molecule has 0 unspecified atom stereocenters. The van der Waals surface area contributed by atoms with Gasteiger partial charge in [0.1, 0.15) is 5.75 Å². The second-order valence-corrected chi connectivity index (χ2v) is 7.94. The fourth-order valence-electron chi connectivity index (χ4n) is 2.49. The Labute approximate surface area is 189 Å². The Morgan fingerprint density at radius 2 is 1.96 bits per heavy atom. The number of rotatable bonds is 10. The van der Waals surface area contributed by atoms with Crippen molar-refractivity contribution in [1.82, 2.24) is 20.5 Å². The number of hydrogen-bond donors (Lipinski definition) is 2. The van der Waals surface area contributed by atoms with Gasteiger partial charge in [-0.2, -0.15) is 0 Å². The third-order valence-electron chi connectivity index (χ3n) is 3.93. The number of thiazole rings is 1. The zero-order chi connectivity index (χ0) is 19.5. The molecule has 0 spiro atoms. The molecule has 0 saturated heterocycles. The Hall–Kier alpha value is -1.39. The van der Waals surface area contributed by atoms with Crippen molar-refractivity contribution in [3.63, 3.8) is 0 Å². The Morgan fingerprint density at radius 1 is 1.21 bits per heavy atom. The SMILES string of the molecule is CN=C(NCCc1ncc(C)s1)NCc1ccc(OCCCN(C)C)cc1.I. The van der Waals surface area contributed by atoms with Crippen LogP contribution in [-0.2, 0) is 13.0 Å². The van der Waals surface area contributed by atoms with Crippen molar-refractivity contribution in [2.75, 3.05) is 40.8 Å². The van der Waals surface area contributed by atoms with Gasteiger partial charge in [0.15, 0.2) is 5.96 Å². The molecule has 0 fully saturated rings. The maximum atomic E-state index is 5.77. The third-order valence-corrected chi connectivity index (χ3v) is 4.90. The van der Waals surface area contributed by atoms with E-state index in [9.17, 15) is 0 Å². The molecular formula is C20H32IN5OS. The third kappa shape index (κ3) is 9.70. The number of benzene rings is 1. The van der Waals surface area contributed by atoms with Crippen LogP contribution in [0.1, 0.15) is 21.9 Å². The van der Waals surface area contributed by atoms with Crippen LogP contribution in [0.25, 0.3) is 0 Å². The first-order valence-corrected chi connectivity index (χ1v) is 10.1. The summed E-state index contributed by atoms with van der Waals surface area (Å²) < 4.78 is 5.77. The zero-order valence-electron chi connectivity index (χ0n) is 17.2. The number of nitrogens with one attached hydrogen (secondary N) is 2. The summed E-state index contributed by atoms with van der Waals surface area (Å²) in [5, 5.41) is 7.82. The molecular weight excluding hydrogens is 485 g/mol. The van der Waals surface area contributed by atoms with Crippen LogP contribution in [0.3, 0.4) is 0 Å². The number of aromatic nitrogens is 1. The predicted molar refractivity (Wildman–Crippen MR) is 129 cm³/mol. The van der Waals surface area contributed by atoms with Crippen LogP contribution in [-0.4, -0.2) is 56.7 Å². The first kappa shape index (κ1) is 24.6. The number of hydrogen-bond acceptors (Lipinski definition) is 5. The average molecular weight is 517 g/mol. The summed E-state index contributed by atoms with van der Waals surface area (Å²) >= 11 is 1.74. The van der Waals surface area contributed by atoms with Crippen LogP contribution in [0.5, 0.6) is 5.75 Å². The topological polar surface area (TPSA) is 61.8 Å². The average Bonchev–Trinajstić information content (AvgIpc) is 3.07. The van der Waals surface area contributed by atoms with Gasteiger partial charge in [-0.3, -0.25) is 4.99 Å². The molecule has 28 heavy (non-hydrogen) atoms. The summed E-state index contributed by atoms with van der Waals surface area (Å²) in [5.74, 6) is 1.71. The lowest BCUT2D eigenvalue weighted by Crippen LogP contribution is -2.37. The largest absolute Gasteiger partial charge is 0.494 e. The molecule has 0 aliphatic rings. The molecule has 0 amide bonds. The Bertz CT molecular complexity index is 703. The minimum Gasteiger partial charge on any atom is -0.494 e. The van der Waals surface area contributed by atoms with Gasteiger partial charge in [0, 0.05) is 44.2 Å². The lowest BCUT2D eigenvalue weighted by atomic mass is 10.2. The smallest absolute Gasteiger partial charge is 0.191 e. The number of ether oxygens (including phenoxy) is 1. The second kappa shape index (κ2) is 13.7. The van der Waals surface area contributed by atoms with Crippen LogP contribution in [0.2, 0.25) is 0 Å². The molecule has 0 radical (unpaired) electrons. The first-order valence-electron chi connectivity index (χ1n) is 9.29. The molecule has 0 aliphatic heterocycles. The van der Waals surface area contributed by atoms with Crippen molar-refractivity contribution in [2.24, 2.45) is 4.99 Å². The second-order valence-electron chi connectivity index (χ2n) is 6.62. The summed E-state index contributed by atoms with van der Waals surface area (Å²) in [5.41, 5.74) is 1.19. The number of nitrogens with zero attached hydrogens (tertiary/aromatic N) is 3. The minimum absolute atomic E-state index is 0. The van der Waals surface area contributed by atoms with Crippen molar-refractivity contribution in [3.8, 4) is 5.75 Å². The van der Waals surface area contributed by atoms with Crippen LogP contribution < -0.4 is 15.4 Å². The van der Waals surface area contributed by atoms with Gasteiger partial charge in [0.05, 0.1) is 11.6 Å². The van der Waals surface area contributed by atoms with Crippen molar-refractivity contribution < 1.29 is 4.74 Å². The first-order chi connectivity index (χ1) is 13.1. The molecule has 2 aromatic rings. The van der Waals surface area contributed by atoms with Crippen LogP contribution >= 0.6 is 35.3 Å². The quantitative estimate of drug-likeness (QED) is 0.219. The summed E-state index contributed by atoms with van der Waals surface area (Å²) in [6.45, 7) is 5.39. The highest BCUT2D eigenvalue weighted by molar-refractivity contribution is 14.0. The molecule has 1 aromatic heterocycles. The zero-order valence-corrected chi connectivity index (χ0v) is 20.3. The molecule has 0 saturated carbocycles. The van der Waals surface area contributed by atoms with E-state index in [1.54, 1.807) is 18.4 Å². The molecule has 0 aliphatic carbocycles. The van der Waals surface area contributed by atoms with Crippen LogP contribution in [0.15, 0.2) is 35.5 Å². The maximum absolute atomic E-state index is 5.77. The molecule has 2 rings (SSSR count). The van der Waals surface area contributed by atoms with E-state index >= 15 is 0 Å². The highest BCUT2D eigenvalue weighted by Crippen LogP contribution is 2.13. The van der Waals surface area contributed by atoms with E-state index in [2.05, 4.69) is 58.7 Å². The van der Waals surface area contributed by atoms with Gasteiger partial charge < -0.3 is 20.3 Å². The molecule has 0 atom stereocenters. The number of guanidine groups is 1. The molecule has 8 heteroatoms. The summed E-state index contributed by atoms with van der Waals surface area (Å²) in [6.07, 6.45) is 3.85. The van der Waals surface area contributed by atoms with Crippen molar-refractivity contribution in [2.45, 2.75) is 26.3 Å².